The molecule has 2 rings (SSSR count). The summed E-state index contributed by atoms with van der Waals surface area (Å²) in [5.41, 5.74) is 1.86. The van der Waals surface area contributed by atoms with Crippen molar-refractivity contribution in [3.63, 3.8) is 0 Å². The first-order valence-electron chi connectivity index (χ1n) is 6.39. The zero-order valence-corrected chi connectivity index (χ0v) is 11.5. The highest BCUT2D eigenvalue weighted by Crippen LogP contribution is 2.09. The average Bonchev–Trinajstić information content (AvgIpc) is 2.49. The number of ether oxygens (including phenoxy) is 1. The molecule has 1 aromatic carbocycles. The SMILES string of the molecule is CCC(=CCn1c(=O)cnc2ccccc21)C(=O)OC. The first kappa shape index (κ1) is 14.0. The third-order valence-electron chi connectivity index (χ3n) is 3.10. The smallest absolute Gasteiger partial charge is 0.333 e. The molecule has 0 amide bonds. The second-order valence-electron chi connectivity index (χ2n) is 4.27. The Morgan fingerprint density at radius 3 is 2.85 bits per heavy atom. The number of hydrogen-bond donors (Lipinski definition) is 0. The van der Waals surface area contributed by atoms with E-state index in [2.05, 4.69) is 4.98 Å². The van der Waals surface area contributed by atoms with Gasteiger partial charge in [-0.15, -0.1) is 0 Å². The molecule has 0 aliphatic carbocycles. The third kappa shape index (κ3) is 2.77. The van der Waals surface area contributed by atoms with Gasteiger partial charge in [0, 0.05) is 12.1 Å². The maximum atomic E-state index is 11.9. The van der Waals surface area contributed by atoms with Gasteiger partial charge in [-0.25, -0.2) is 9.78 Å². The fraction of sp³-hybridized carbons (Fsp3) is 0.267. The van der Waals surface area contributed by atoms with Gasteiger partial charge in [0.15, 0.2) is 0 Å². The lowest BCUT2D eigenvalue weighted by atomic mass is 10.2. The molecule has 0 spiro atoms. The average molecular weight is 272 g/mol. The van der Waals surface area contributed by atoms with E-state index in [0.29, 0.717) is 18.5 Å². The Balaban J connectivity index is 2.43. The van der Waals surface area contributed by atoms with Crippen LogP contribution in [0.4, 0.5) is 0 Å². The van der Waals surface area contributed by atoms with Crippen molar-refractivity contribution in [2.24, 2.45) is 0 Å². The second-order valence-corrected chi connectivity index (χ2v) is 4.27. The van der Waals surface area contributed by atoms with E-state index in [9.17, 15) is 9.59 Å². The summed E-state index contributed by atoms with van der Waals surface area (Å²) in [6.45, 7) is 2.19. The molecular weight excluding hydrogens is 256 g/mol. The topological polar surface area (TPSA) is 61.2 Å². The number of rotatable bonds is 4. The van der Waals surface area contributed by atoms with Crippen LogP contribution in [0.3, 0.4) is 0 Å². The highest BCUT2D eigenvalue weighted by Gasteiger charge is 2.08. The summed E-state index contributed by atoms with van der Waals surface area (Å²) in [4.78, 5) is 27.5. The quantitative estimate of drug-likeness (QED) is 0.630. The zero-order valence-electron chi connectivity index (χ0n) is 11.5. The molecular formula is C15H16N2O3. The van der Waals surface area contributed by atoms with Crippen LogP contribution in [-0.4, -0.2) is 22.6 Å². The van der Waals surface area contributed by atoms with Crippen molar-refractivity contribution in [2.75, 3.05) is 7.11 Å². The molecule has 0 atom stereocenters. The number of fused-ring (bicyclic) bond motifs is 1. The van der Waals surface area contributed by atoms with Gasteiger partial charge in [-0.3, -0.25) is 4.79 Å². The predicted octanol–water partition coefficient (Wildman–Crippen LogP) is 1.91. The van der Waals surface area contributed by atoms with E-state index in [1.807, 2.05) is 31.2 Å². The summed E-state index contributed by atoms with van der Waals surface area (Å²) in [6.07, 6.45) is 3.57. The normalized spacial score (nSPS) is 11.6. The third-order valence-corrected chi connectivity index (χ3v) is 3.10. The Kier molecular flexibility index (Phi) is 4.30. The lowest BCUT2D eigenvalue weighted by molar-refractivity contribution is -0.136. The van der Waals surface area contributed by atoms with Gasteiger partial charge in [-0.1, -0.05) is 25.1 Å². The Bertz CT molecular complexity index is 716. The maximum Gasteiger partial charge on any atom is 0.333 e. The molecule has 0 saturated carbocycles. The van der Waals surface area contributed by atoms with Crippen LogP contribution in [0.1, 0.15) is 13.3 Å². The minimum Gasteiger partial charge on any atom is -0.466 e. The fourth-order valence-corrected chi connectivity index (χ4v) is 2.01. The minimum atomic E-state index is -0.362. The molecule has 5 nitrogen and oxygen atoms in total. The van der Waals surface area contributed by atoms with Crippen molar-refractivity contribution in [3.8, 4) is 0 Å². The van der Waals surface area contributed by atoms with Gasteiger partial charge in [0.1, 0.15) is 0 Å². The monoisotopic (exact) mass is 272 g/mol. The van der Waals surface area contributed by atoms with Gasteiger partial charge in [-0.2, -0.15) is 0 Å². The van der Waals surface area contributed by atoms with E-state index in [1.54, 1.807) is 10.6 Å². The molecule has 5 heteroatoms. The highest BCUT2D eigenvalue weighted by molar-refractivity contribution is 5.88. The highest BCUT2D eigenvalue weighted by atomic mass is 16.5. The Morgan fingerprint density at radius 1 is 1.40 bits per heavy atom. The number of aromatic nitrogens is 2. The molecule has 1 heterocycles. The Labute approximate surface area is 116 Å². The summed E-state index contributed by atoms with van der Waals surface area (Å²) in [7, 11) is 1.35. The van der Waals surface area contributed by atoms with E-state index >= 15 is 0 Å². The second kappa shape index (κ2) is 6.14. The van der Waals surface area contributed by atoms with Gasteiger partial charge in [0.25, 0.3) is 5.56 Å². The molecule has 1 aromatic heterocycles. The van der Waals surface area contributed by atoms with E-state index in [1.165, 1.54) is 13.3 Å². The Morgan fingerprint density at radius 2 is 2.15 bits per heavy atom. The number of carbonyl (C=O) groups is 1. The molecule has 0 bridgehead atoms. The van der Waals surface area contributed by atoms with Crippen molar-refractivity contribution < 1.29 is 9.53 Å². The molecule has 0 N–H and O–H groups in total. The van der Waals surface area contributed by atoms with Crippen LogP contribution in [0.15, 0.2) is 46.9 Å². The van der Waals surface area contributed by atoms with Gasteiger partial charge in [0.05, 0.1) is 24.3 Å². The van der Waals surface area contributed by atoms with Crippen molar-refractivity contribution in [1.29, 1.82) is 0 Å². The fourth-order valence-electron chi connectivity index (χ4n) is 2.01. The van der Waals surface area contributed by atoms with Gasteiger partial charge < -0.3 is 9.30 Å². The first-order chi connectivity index (χ1) is 9.67. The predicted molar refractivity (Wildman–Crippen MR) is 76.4 cm³/mol. The molecule has 0 aliphatic rings. The molecule has 0 radical (unpaired) electrons. The van der Waals surface area contributed by atoms with Gasteiger partial charge in [-0.05, 0) is 18.6 Å². The van der Waals surface area contributed by atoms with E-state index in [0.717, 1.165) is 11.0 Å². The molecule has 0 saturated heterocycles. The summed E-state index contributed by atoms with van der Waals surface area (Å²) in [5.74, 6) is -0.362. The number of allylic oxidation sites excluding steroid dienone is 1. The van der Waals surface area contributed by atoms with Crippen molar-refractivity contribution in [2.45, 2.75) is 19.9 Å². The molecule has 2 aromatic rings. The summed E-state index contributed by atoms with van der Waals surface area (Å²) >= 11 is 0. The van der Waals surface area contributed by atoms with Gasteiger partial charge >= 0.3 is 5.97 Å². The van der Waals surface area contributed by atoms with Crippen molar-refractivity contribution >= 4 is 17.0 Å². The molecule has 0 aliphatic heterocycles. The number of carbonyl (C=O) groups excluding carboxylic acids is 1. The lowest BCUT2D eigenvalue weighted by Gasteiger charge is -2.08. The molecule has 0 fully saturated rings. The first-order valence-corrected chi connectivity index (χ1v) is 6.39. The van der Waals surface area contributed by atoms with Crippen LogP contribution < -0.4 is 5.56 Å². The van der Waals surface area contributed by atoms with Crippen LogP contribution in [0.5, 0.6) is 0 Å². The summed E-state index contributed by atoms with van der Waals surface area (Å²) < 4.78 is 6.29. The van der Waals surface area contributed by atoms with E-state index in [-0.39, 0.29) is 11.5 Å². The minimum absolute atomic E-state index is 0.194. The number of nitrogens with zero attached hydrogens (tertiary/aromatic N) is 2. The summed E-state index contributed by atoms with van der Waals surface area (Å²) in [5, 5.41) is 0. The number of esters is 1. The summed E-state index contributed by atoms with van der Waals surface area (Å²) in [6, 6.07) is 7.40. The number of hydrogen-bond acceptors (Lipinski definition) is 4. The molecule has 20 heavy (non-hydrogen) atoms. The number of benzene rings is 1. The number of methoxy groups -OCH3 is 1. The van der Waals surface area contributed by atoms with Crippen LogP contribution in [0, 0.1) is 0 Å². The van der Waals surface area contributed by atoms with E-state index in [4.69, 9.17) is 4.74 Å². The maximum absolute atomic E-state index is 11.9. The Hall–Kier alpha value is -2.43. The molecule has 0 unspecified atom stereocenters. The standard InChI is InChI=1S/C15H16N2O3/c1-3-11(15(19)20-2)8-9-17-13-7-5-4-6-12(13)16-10-14(17)18/h4-8,10H,3,9H2,1-2H3. The molecule has 104 valence electrons. The largest absolute Gasteiger partial charge is 0.466 e. The van der Waals surface area contributed by atoms with Crippen LogP contribution in [-0.2, 0) is 16.1 Å². The van der Waals surface area contributed by atoms with Crippen molar-refractivity contribution in [3.05, 3.63) is 52.5 Å². The van der Waals surface area contributed by atoms with Crippen molar-refractivity contribution in [1.82, 2.24) is 9.55 Å². The number of para-hydroxylation sites is 2. The lowest BCUT2D eigenvalue weighted by Crippen LogP contribution is -2.20. The van der Waals surface area contributed by atoms with Crippen LogP contribution in [0.25, 0.3) is 11.0 Å². The van der Waals surface area contributed by atoms with Crippen LogP contribution >= 0.6 is 0 Å². The zero-order chi connectivity index (χ0) is 14.5. The van der Waals surface area contributed by atoms with Gasteiger partial charge in [0.2, 0.25) is 0 Å². The van der Waals surface area contributed by atoms with E-state index < -0.39 is 0 Å². The van der Waals surface area contributed by atoms with Crippen LogP contribution in [0.2, 0.25) is 0 Å².